The molecule has 0 aromatic carbocycles. The SMILES string of the molecule is CO[C@H](C=O)[C@@H](O)[C@H](C)[C@H](O)[C@@H](C)C=O. The Morgan fingerprint density at radius 2 is 1.60 bits per heavy atom. The molecule has 0 unspecified atom stereocenters. The first-order valence-electron chi connectivity index (χ1n) is 4.79. The third-order valence-electron chi connectivity index (χ3n) is 2.57. The largest absolute Gasteiger partial charge is 0.392 e. The molecule has 0 fully saturated rings. The van der Waals surface area contributed by atoms with Crippen molar-refractivity contribution in [3.05, 3.63) is 0 Å². The summed E-state index contributed by atoms with van der Waals surface area (Å²) in [5, 5.41) is 19.3. The van der Waals surface area contributed by atoms with Crippen LogP contribution in [0.4, 0.5) is 0 Å². The van der Waals surface area contributed by atoms with Gasteiger partial charge in [-0.15, -0.1) is 0 Å². The van der Waals surface area contributed by atoms with Gasteiger partial charge in [0.2, 0.25) is 0 Å². The highest BCUT2D eigenvalue weighted by atomic mass is 16.5. The Morgan fingerprint density at radius 3 is 1.93 bits per heavy atom. The molecule has 2 N–H and O–H groups in total. The second kappa shape index (κ2) is 6.66. The van der Waals surface area contributed by atoms with E-state index in [0.29, 0.717) is 12.6 Å². The van der Waals surface area contributed by atoms with Crippen LogP contribution in [-0.2, 0) is 14.3 Å². The van der Waals surface area contributed by atoms with Crippen LogP contribution < -0.4 is 0 Å². The van der Waals surface area contributed by atoms with E-state index >= 15 is 0 Å². The highest BCUT2D eigenvalue weighted by molar-refractivity contribution is 5.57. The lowest BCUT2D eigenvalue weighted by molar-refractivity contribution is -0.130. The summed E-state index contributed by atoms with van der Waals surface area (Å²) in [6.07, 6.45) is -2.01. The monoisotopic (exact) mass is 218 g/mol. The number of hydrogen-bond donors (Lipinski definition) is 2. The number of carbonyl (C=O) groups is 2. The van der Waals surface area contributed by atoms with Crippen LogP contribution in [0.5, 0.6) is 0 Å². The molecular formula is C10H18O5. The molecule has 0 amide bonds. The number of methoxy groups -OCH3 is 1. The molecular weight excluding hydrogens is 200 g/mol. The Morgan fingerprint density at radius 1 is 1.07 bits per heavy atom. The first-order chi connectivity index (χ1) is 6.99. The van der Waals surface area contributed by atoms with Crippen LogP contribution in [0.15, 0.2) is 0 Å². The van der Waals surface area contributed by atoms with Gasteiger partial charge in [0.25, 0.3) is 0 Å². The quantitative estimate of drug-likeness (QED) is 0.557. The van der Waals surface area contributed by atoms with Crippen molar-refractivity contribution in [2.45, 2.75) is 32.2 Å². The topological polar surface area (TPSA) is 83.8 Å². The van der Waals surface area contributed by atoms with Gasteiger partial charge in [0, 0.05) is 18.9 Å². The molecule has 0 aliphatic rings. The minimum absolute atomic E-state index is 0.472. The van der Waals surface area contributed by atoms with Gasteiger partial charge in [-0.3, -0.25) is 0 Å². The standard InChI is InChI=1S/C10H18O5/c1-6(4-11)9(13)7(2)10(14)8(5-12)15-3/h4-10,13-14H,1-3H3/t6-,7+,8+,9+,10-/m0/s1. The van der Waals surface area contributed by atoms with Gasteiger partial charge in [0.1, 0.15) is 12.4 Å². The zero-order valence-electron chi connectivity index (χ0n) is 9.16. The Labute approximate surface area is 89.0 Å². The van der Waals surface area contributed by atoms with Gasteiger partial charge in [0.05, 0.1) is 12.2 Å². The molecule has 5 atom stereocenters. The fraction of sp³-hybridized carbons (Fsp3) is 0.800. The molecule has 15 heavy (non-hydrogen) atoms. The van der Waals surface area contributed by atoms with Gasteiger partial charge in [0.15, 0.2) is 6.29 Å². The first kappa shape index (κ1) is 14.2. The van der Waals surface area contributed by atoms with Crippen molar-refractivity contribution in [2.75, 3.05) is 7.11 Å². The smallest absolute Gasteiger partial charge is 0.151 e. The first-order valence-corrected chi connectivity index (χ1v) is 4.79. The summed E-state index contributed by atoms with van der Waals surface area (Å²) in [6.45, 7) is 3.11. The molecule has 0 aromatic rings. The average Bonchev–Trinajstić information content (AvgIpc) is 2.27. The maximum atomic E-state index is 10.5. The Bertz CT molecular complexity index is 206. The van der Waals surface area contributed by atoms with Crippen LogP contribution >= 0.6 is 0 Å². The van der Waals surface area contributed by atoms with Gasteiger partial charge in [-0.05, 0) is 0 Å². The number of aliphatic hydroxyl groups is 2. The zero-order chi connectivity index (χ0) is 12.0. The van der Waals surface area contributed by atoms with E-state index in [0.717, 1.165) is 0 Å². The van der Waals surface area contributed by atoms with Gasteiger partial charge < -0.3 is 24.5 Å². The lowest BCUT2D eigenvalue weighted by Crippen LogP contribution is -2.42. The number of ether oxygens (including phenoxy) is 1. The van der Waals surface area contributed by atoms with Crippen molar-refractivity contribution in [3.63, 3.8) is 0 Å². The summed E-state index contributed by atoms with van der Waals surface area (Å²) in [7, 11) is 1.30. The number of hydrogen-bond acceptors (Lipinski definition) is 5. The molecule has 5 nitrogen and oxygen atoms in total. The minimum atomic E-state index is -1.12. The highest BCUT2D eigenvalue weighted by Crippen LogP contribution is 2.18. The van der Waals surface area contributed by atoms with Gasteiger partial charge in [-0.2, -0.15) is 0 Å². The molecule has 0 saturated carbocycles. The summed E-state index contributed by atoms with van der Waals surface area (Å²) >= 11 is 0. The van der Waals surface area contributed by atoms with Crippen molar-refractivity contribution in [1.82, 2.24) is 0 Å². The van der Waals surface area contributed by atoms with Crippen LogP contribution in [-0.4, -0.2) is 48.2 Å². The van der Waals surface area contributed by atoms with E-state index in [9.17, 15) is 19.8 Å². The summed E-state index contributed by atoms with van der Waals surface area (Å²) in [4.78, 5) is 20.9. The number of rotatable bonds is 7. The predicted octanol–water partition coefficient (Wildman–Crippen LogP) is -0.607. The van der Waals surface area contributed by atoms with Crippen molar-refractivity contribution >= 4 is 12.6 Å². The van der Waals surface area contributed by atoms with E-state index in [2.05, 4.69) is 0 Å². The second-order valence-corrected chi connectivity index (χ2v) is 3.67. The van der Waals surface area contributed by atoms with Crippen molar-refractivity contribution in [1.29, 1.82) is 0 Å². The lowest BCUT2D eigenvalue weighted by Gasteiger charge is -2.28. The number of aliphatic hydroxyl groups excluding tert-OH is 2. The lowest BCUT2D eigenvalue weighted by atomic mass is 9.88. The maximum Gasteiger partial charge on any atom is 0.151 e. The summed E-state index contributed by atoms with van der Waals surface area (Å²) in [6, 6.07) is 0. The Hall–Kier alpha value is -0.780. The Kier molecular flexibility index (Phi) is 6.31. The third-order valence-corrected chi connectivity index (χ3v) is 2.57. The molecule has 0 saturated heterocycles. The zero-order valence-corrected chi connectivity index (χ0v) is 9.16. The summed E-state index contributed by atoms with van der Waals surface area (Å²) in [5.41, 5.74) is 0. The molecule has 0 radical (unpaired) electrons. The van der Waals surface area contributed by atoms with E-state index in [-0.39, 0.29) is 0 Å². The molecule has 0 heterocycles. The summed E-state index contributed by atoms with van der Waals surface area (Å²) < 4.78 is 4.73. The van der Waals surface area contributed by atoms with Gasteiger partial charge in [-0.1, -0.05) is 13.8 Å². The molecule has 0 rings (SSSR count). The fourth-order valence-corrected chi connectivity index (χ4v) is 1.34. The second-order valence-electron chi connectivity index (χ2n) is 3.67. The highest BCUT2D eigenvalue weighted by Gasteiger charge is 2.31. The van der Waals surface area contributed by atoms with E-state index < -0.39 is 30.1 Å². The van der Waals surface area contributed by atoms with Crippen LogP contribution in [0, 0.1) is 11.8 Å². The summed E-state index contributed by atoms with van der Waals surface area (Å²) in [5.74, 6) is -1.20. The number of carbonyl (C=O) groups excluding carboxylic acids is 2. The molecule has 0 aliphatic carbocycles. The van der Waals surface area contributed by atoms with Crippen LogP contribution in [0.3, 0.4) is 0 Å². The van der Waals surface area contributed by atoms with E-state index in [1.54, 1.807) is 13.8 Å². The molecule has 0 spiro atoms. The fourth-order valence-electron chi connectivity index (χ4n) is 1.34. The van der Waals surface area contributed by atoms with Crippen molar-refractivity contribution < 1.29 is 24.5 Å². The van der Waals surface area contributed by atoms with E-state index in [1.165, 1.54) is 7.11 Å². The van der Waals surface area contributed by atoms with E-state index in [4.69, 9.17) is 4.74 Å². The predicted molar refractivity (Wildman–Crippen MR) is 53.3 cm³/mol. The number of aldehydes is 2. The molecule has 0 aromatic heterocycles. The molecule has 0 aliphatic heterocycles. The van der Waals surface area contributed by atoms with Gasteiger partial charge in [-0.25, -0.2) is 0 Å². The van der Waals surface area contributed by atoms with Crippen LogP contribution in [0.2, 0.25) is 0 Å². The molecule has 0 bridgehead atoms. The Balaban J connectivity index is 4.47. The minimum Gasteiger partial charge on any atom is -0.392 e. The average molecular weight is 218 g/mol. The van der Waals surface area contributed by atoms with Crippen LogP contribution in [0.25, 0.3) is 0 Å². The maximum absolute atomic E-state index is 10.5. The normalized spacial score (nSPS) is 21.1. The van der Waals surface area contributed by atoms with Crippen molar-refractivity contribution in [2.24, 2.45) is 11.8 Å². The van der Waals surface area contributed by atoms with Crippen LogP contribution in [0.1, 0.15) is 13.8 Å². The van der Waals surface area contributed by atoms with E-state index in [1.807, 2.05) is 0 Å². The van der Waals surface area contributed by atoms with Gasteiger partial charge >= 0.3 is 0 Å². The molecule has 88 valence electrons. The molecule has 5 heteroatoms. The third kappa shape index (κ3) is 3.70. The van der Waals surface area contributed by atoms with Crippen molar-refractivity contribution in [3.8, 4) is 0 Å².